The van der Waals surface area contributed by atoms with E-state index in [2.05, 4.69) is 5.32 Å². The van der Waals surface area contributed by atoms with Gasteiger partial charge in [-0.3, -0.25) is 0 Å². The third kappa shape index (κ3) is 2.86. The van der Waals surface area contributed by atoms with E-state index in [4.69, 9.17) is 11.6 Å². The number of thiophene rings is 1. The fourth-order valence-corrected chi connectivity index (χ4v) is 2.79. The van der Waals surface area contributed by atoms with Crippen molar-refractivity contribution in [1.82, 2.24) is 5.32 Å². The summed E-state index contributed by atoms with van der Waals surface area (Å²) in [4.78, 5) is 0.794. The molecule has 4 heteroatoms. The van der Waals surface area contributed by atoms with Crippen molar-refractivity contribution in [2.75, 3.05) is 6.54 Å². The molecule has 0 amide bonds. The van der Waals surface area contributed by atoms with Gasteiger partial charge in [0.1, 0.15) is 5.82 Å². The smallest absolute Gasteiger partial charge is 0.131 e. The Kier molecular flexibility index (Phi) is 4.15. The molecule has 0 aliphatic heterocycles. The summed E-state index contributed by atoms with van der Waals surface area (Å²) in [5, 5.41) is 5.69. The first kappa shape index (κ1) is 12.6. The van der Waals surface area contributed by atoms with Crippen LogP contribution in [0, 0.1) is 5.82 Å². The molecule has 0 saturated carbocycles. The van der Waals surface area contributed by atoms with E-state index in [9.17, 15) is 4.39 Å². The maximum Gasteiger partial charge on any atom is 0.131 e. The Labute approximate surface area is 109 Å². The third-order valence-corrected chi connectivity index (χ3v) is 3.85. The second kappa shape index (κ2) is 5.63. The van der Waals surface area contributed by atoms with E-state index in [-0.39, 0.29) is 5.82 Å². The van der Waals surface area contributed by atoms with Gasteiger partial charge in [-0.2, -0.15) is 0 Å². The highest BCUT2D eigenvalue weighted by Gasteiger charge is 2.10. The molecule has 0 aliphatic rings. The van der Waals surface area contributed by atoms with Crippen molar-refractivity contribution < 1.29 is 4.39 Å². The monoisotopic (exact) mass is 269 g/mol. The summed E-state index contributed by atoms with van der Waals surface area (Å²) in [6.07, 6.45) is 0. The van der Waals surface area contributed by atoms with Gasteiger partial charge in [-0.1, -0.05) is 24.6 Å². The van der Waals surface area contributed by atoms with Gasteiger partial charge < -0.3 is 5.32 Å². The molecule has 1 nitrogen and oxygen atoms in total. The van der Waals surface area contributed by atoms with Gasteiger partial charge in [0.15, 0.2) is 0 Å². The summed E-state index contributed by atoms with van der Waals surface area (Å²) < 4.78 is 13.8. The number of rotatable bonds is 4. The average Bonchev–Trinajstić information content (AvgIpc) is 2.74. The van der Waals surface area contributed by atoms with Crippen LogP contribution in [-0.4, -0.2) is 6.54 Å². The van der Waals surface area contributed by atoms with Crippen LogP contribution < -0.4 is 5.32 Å². The number of nitrogens with one attached hydrogen (secondary N) is 1. The molecular weight excluding hydrogens is 257 g/mol. The highest BCUT2D eigenvalue weighted by Crippen LogP contribution is 2.35. The van der Waals surface area contributed by atoms with E-state index in [1.165, 1.54) is 17.4 Å². The van der Waals surface area contributed by atoms with Crippen LogP contribution in [0.2, 0.25) is 5.02 Å². The van der Waals surface area contributed by atoms with Gasteiger partial charge in [-0.25, -0.2) is 4.39 Å². The standard InChI is InChI=1S/C13H13ClFNS/c1-2-16-8-9-3-4-12(15)10(7-9)13-11(14)5-6-17-13/h3-7,16H,2,8H2,1H3. The predicted octanol–water partition coefficient (Wildman–Crippen LogP) is 4.32. The van der Waals surface area contributed by atoms with Gasteiger partial charge in [0, 0.05) is 12.1 Å². The lowest BCUT2D eigenvalue weighted by atomic mass is 10.1. The van der Waals surface area contributed by atoms with Gasteiger partial charge in [0.05, 0.1) is 9.90 Å². The van der Waals surface area contributed by atoms with E-state index in [0.717, 1.165) is 23.5 Å². The molecule has 1 aromatic heterocycles. The molecule has 0 bridgehead atoms. The summed E-state index contributed by atoms with van der Waals surface area (Å²) in [7, 11) is 0. The third-order valence-electron chi connectivity index (χ3n) is 2.47. The minimum atomic E-state index is -0.227. The molecule has 17 heavy (non-hydrogen) atoms. The summed E-state index contributed by atoms with van der Waals surface area (Å²) in [5.74, 6) is -0.227. The van der Waals surface area contributed by atoms with Crippen molar-refractivity contribution in [2.45, 2.75) is 13.5 Å². The van der Waals surface area contributed by atoms with Crippen LogP contribution in [0.3, 0.4) is 0 Å². The van der Waals surface area contributed by atoms with Gasteiger partial charge in [-0.05, 0) is 35.7 Å². The Morgan fingerprint density at radius 1 is 1.35 bits per heavy atom. The SMILES string of the molecule is CCNCc1ccc(F)c(-c2sccc2Cl)c1. The van der Waals surface area contributed by atoms with Gasteiger partial charge in [0.2, 0.25) is 0 Å². The number of halogens is 2. The zero-order valence-electron chi connectivity index (χ0n) is 9.47. The molecule has 1 heterocycles. The minimum Gasteiger partial charge on any atom is -0.313 e. The van der Waals surface area contributed by atoms with E-state index in [0.29, 0.717) is 10.6 Å². The minimum absolute atomic E-state index is 0.227. The predicted molar refractivity (Wildman–Crippen MR) is 72.1 cm³/mol. The van der Waals surface area contributed by atoms with Crippen molar-refractivity contribution in [3.8, 4) is 10.4 Å². The molecule has 0 fully saturated rings. The first-order chi connectivity index (χ1) is 8.22. The van der Waals surface area contributed by atoms with Crippen molar-refractivity contribution >= 4 is 22.9 Å². The summed E-state index contributed by atoms with van der Waals surface area (Å²) in [6, 6.07) is 6.94. The van der Waals surface area contributed by atoms with Crippen molar-refractivity contribution in [1.29, 1.82) is 0 Å². The normalized spacial score (nSPS) is 10.8. The van der Waals surface area contributed by atoms with Crippen molar-refractivity contribution in [2.24, 2.45) is 0 Å². The highest BCUT2D eigenvalue weighted by molar-refractivity contribution is 7.14. The molecule has 0 aliphatic carbocycles. The zero-order chi connectivity index (χ0) is 12.3. The van der Waals surface area contributed by atoms with Gasteiger partial charge in [0.25, 0.3) is 0 Å². The fourth-order valence-electron chi connectivity index (χ4n) is 1.61. The van der Waals surface area contributed by atoms with E-state index < -0.39 is 0 Å². The molecule has 0 atom stereocenters. The summed E-state index contributed by atoms with van der Waals surface area (Å²) >= 11 is 7.49. The van der Waals surface area contributed by atoms with Crippen molar-refractivity contribution in [3.63, 3.8) is 0 Å². The highest BCUT2D eigenvalue weighted by atomic mass is 35.5. The molecule has 1 aromatic carbocycles. The topological polar surface area (TPSA) is 12.0 Å². The number of benzene rings is 1. The molecule has 1 N–H and O–H groups in total. The lowest BCUT2D eigenvalue weighted by molar-refractivity contribution is 0.629. The Balaban J connectivity index is 2.36. The maximum atomic E-state index is 13.8. The van der Waals surface area contributed by atoms with Crippen molar-refractivity contribution in [3.05, 3.63) is 46.0 Å². The molecule has 0 radical (unpaired) electrons. The summed E-state index contributed by atoms with van der Waals surface area (Å²) in [5.41, 5.74) is 1.65. The Morgan fingerprint density at radius 3 is 2.82 bits per heavy atom. The van der Waals surface area contributed by atoms with Crippen LogP contribution in [0.15, 0.2) is 29.6 Å². The largest absolute Gasteiger partial charge is 0.313 e. The van der Waals surface area contributed by atoms with Crippen LogP contribution in [0.25, 0.3) is 10.4 Å². The van der Waals surface area contributed by atoms with Gasteiger partial charge >= 0.3 is 0 Å². The maximum absolute atomic E-state index is 13.8. The van der Waals surface area contributed by atoms with Crippen LogP contribution in [0.1, 0.15) is 12.5 Å². The second-order valence-electron chi connectivity index (χ2n) is 3.69. The van der Waals surface area contributed by atoms with Crippen LogP contribution in [0.5, 0.6) is 0 Å². The number of hydrogen-bond donors (Lipinski definition) is 1. The Morgan fingerprint density at radius 2 is 2.18 bits per heavy atom. The summed E-state index contributed by atoms with van der Waals surface area (Å²) in [6.45, 7) is 3.68. The molecule has 2 rings (SSSR count). The van der Waals surface area contributed by atoms with E-state index >= 15 is 0 Å². The number of hydrogen-bond acceptors (Lipinski definition) is 2. The Bertz CT molecular complexity index is 510. The zero-order valence-corrected chi connectivity index (χ0v) is 11.0. The molecule has 2 aromatic rings. The molecular formula is C13H13ClFNS. The lowest BCUT2D eigenvalue weighted by Gasteiger charge is -2.06. The van der Waals surface area contributed by atoms with Crippen LogP contribution >= 0.6 is 22.9 Å². The molecule has 90 valence electrons. The van der Waals surface area contributed by atoms with E-state index in [1.54, 1.807) is 12.1 Å². The average molecular weight is 270 g/mol. The fraction of sp³-hybridized carbons (Fsp3) is 0.231. The first-order valence-electron chi connectivity index (χ1n) is 5.45. The Hall–Kier alpha value is -0.900. The second-order valence-corrected chi connectivity index (χ2v) is 5.02. The van der Waals surface area contributed by atoms with Crippen LogP contribution in [-0.2, 0) is 6.54 Å². The first-order valence-corrected chi connectivity index (χ1v) is 6.70. The lowest BCUT2D eigenvalue weighted by Crippen LogP contribution is -2.11. The molecule has 0 unspecified atom stereocenters. The quantitative estimate of drug-likeness (QED) is 0.872. The van der Waals surface area contributed by atoms with E-state index in [1.807, 2.05) is 18.4 Å². The molecule has 0 spiro atoms. The molecule has 0 saturated heterocycles. The van der Waals surface area contributed by atoms with Crippen LogP contribution in [0.4, 0.5) is 4.39 Å². The van der Waals surface area contributed by atoms with Gasteiger partial charge in [-0.15, -0.1) is 11.3 Å².